The highest BCUT2D eigenvalue weighted by Gasteiger charge is 2.29. The van der Waals surface area contributed by atoms with Crippen molar-refractivity contribution in [3.63, 3.8) is 0 Å². The monoisotopic (exact) mass is 1420 g/mol. The van der Waals surface area contributed by atoms with Gasteiger partial charge in [-0.2, -0.15) is 0 Å². The van der Waals surface area contributed by atoms with Crippen LogP contribution in [0.2, 0.25) is 0 Å². The molecular weight excluding hydrogens is 1290 g/mol. The highest BCUT2D eigenvalue weighted by Crippen LogP contribution is 2.45. The van der Waals surface area contributed by atoms with Gasteiger partial charge in [0.15, 0.2) is 6.10 Å². The van der Waals surface area contributed by atoms with Gasteiger partial charge in [-0.25, -0.2) is 9.13 Å². The highest BCUT2D eigenvalue weighted by atomic mass is 31.2. The lowest BCUT2D eigenvalue weighted by atomic mass is 10.1. The van der Waals surface area contributed by atoms with E-state index in [2.05, 4.69) is 191 Å². The van der Waals surface area contributed by atoms with Crippen molar-refractivity contribution in [3.8, 4) is 0 Å². The van der Waals surface area contributed by atoms with E-state index >= 15 is 0 Å². The van der Waals surface area contributed by atoms with Crippen molar-refractivity contribution in [2.24, 2.45) is 0 Å². The zero-order valence-electron chi connectivity index (χ0n) is 60.8. The summed E-state index contributed by atoms with van der Waals surface area (Å²) in [7, 11) is -9.83. The molecule has 0 aromatic carbocycles. The van der Waals surface area contributed by atoms with Gasteiger partial charge in [0.05, 0.1) is 26.4 Å². The number of phosphoric ester groups is 2. The quantitative estimate of drug-likeness (QED) is 0.0146. The van der Waals surface area contributed by atoms with Crippen molar-refractivity contribution in [2.45, 2.75) is 270 Å². The Labute approximate surface area is 598 Å². The highest BCUT2D eigenvalue weighted by molar-refractivity contribution is 7.47. The van der Waals surface area contributed by atoms with Gasteiger partial charge in [0.1, 0.15) is 25.4 Å². The molecule has 0 amide bonds. The molecule has 4 N–H and O–H groups in total. The van der Waals surface area contributed by atoms with Gasteiger partial charge < -0.3 is 34.2 Å². The molecule has 0 spiro atoms. The van der Waals surface area contributed by atoms with Gasteiger partial charge >= 0.3 is 33.6 Å². The molecule has 0 bridgehead atoms. The molecule has 0 saturated heterocycles. The second kappa shape index (κ2) is 72.4. The van der Waals surface area contributed by atoms with Crippen LogP contribution in [0.4, 0.5) is 0 Å². The molecule has 5 atom stereocenters. The van der Waals surface area contributed by atoms with E-state index in [9.17, 15) is 43.5 Å². The topological polar surface area (TPSA) is 231 Å². The number of phosphoric acid groups is 2. The fourth-order valence-corrected chi connectivity index (χ4v) is 10.6. The van der Waals surface area contributed by atoms with Gasteiger partial charge in [-0.05, 0) is 154 Å². The van der Waals surface area contributed by atoms with Crippen LogP contribution in [0.5, 0.6) is 0 Å². The van der Waals surface area contributed by atoms with Crippen LogP contribution in [0.15, 0.2) is 182 Å². The molecule has 99 heavy (non-hydrogen) atoms. The van der Waals surface area contributed by atoms with E-state index in [-0.39, 0.29) is 19.3 Å². The molecule has 0 aromatic rings. The largest absolute Gasteiger partial charge is 0.472 e. The Hall–Kier alpha value is -5.35. The first-order valence-electron chi connectivity index (χ1n) is 37.1. The number of unbranched alkanes of at least 4 members (excludes halogenated alkanes) is 15. The number of esters is 3. The summed E-state index contributed by atoms with van der Waals surface area (Å²) in [5.74, 6) is -1.69. The Morgan fingerprint density at radius 3 is 0.879 bits per heavy atom. The van der Waals surface area contributed by atoms with Gasteiger partial charge in [0.2, 0.25) is 0 Å². The number of aliphatic hydroxyl groups is 2. The van der Waals surface area contributed by atoms with E-state index in [1.807, 2.05) is 12.2 Å². The minimum Gasteiger partial charge on any atom is -0.463 e. The molecule has 0 aliphatic rings. The van der Waals surface area contributed by atoms with Gasteiger partial charge in [-0.3, -0.25) is 32.5 Å². The van der Waals surface area contributed by atoms with Crippen LogP contribution in [0, 0.1) is 0 Å². The third-order valence-electron chi connectivity index (χ3n) is 14.6. The average molecular weight is 1420 g/mol. The van der Waals surface area contributed by atoms with Crippen molar-refractivity contribution in [1.82, 2.24) is 0 Å². The summed E-state index contributed by atoms with van der Waals surface area (Å²) in [6.45, 7) is 2.27. The Kier molecular flexibility index (Phi) is 68.5. The van der Waals surface area contributed by atoms with E-state index in [4.69, 9.17) is 32.3 Å². The smallest absolute Gasteiger partial charge is 0.463 e. The summed E-state index contributed by atoms with van der Waals surface area (Å²) in [6.07, 6.45) is 92.3. The minimum absolute atomic E-state index is 0.0156. The lowest BCUT2D eigenvalue weighted by Crippen LogP contribution is -2.30. The molecule has 16 nitrogen and oxygen atoms in total. The maximum atomic E-state index is 12.9. The number of aliphatic hydroxyl groups excluding tert-OH is 2. The number of carbonyl (C=O) groups is 3. The van der Waals surface area contributed by atoms with Gasteiger partial charge in [0, 0.05) is 19.3 Å². The molecule has 0 heterocycles. The molecule has 5 unspecified atom stereocenters. The normalized spacial score (nSPS) is 15.1. The Morgan fingerprint density at radius 2 is 0.545 bits per heavy atom. The summed E-state index contributed by atoms with van der Waals surface area (Å²) < 4.78 is 61.0. The number of hydrogen-bond donors (Lipinski definition) is 4. The van der Waals surface area contributed by atoms with E-state index in [1.165, 1.54) is 25.7 Å². The summed E-state index contributed by atoms with van der Waals surface area (Å²) in [5.41, 5.74) is 0. The zero-order valence-corrected chi connectivity index (χ0v) is 62.6. The summed E-state index contributed by atoms with van der Waals surface area (Å²) in [5, 5.41) is 20.6. The average Bonchev–Trinajstić information content (AvgIpc) is 2.19. The maximum absolute atomic E-state index is 12.9. The predicted molar refractivity (Wildman–Crippen MR) is 408 cm³/mol. The van der Waals surface area contributed by atoms with E-state index < -0.39 is 91.5 Å². The number of hydrogen-bond acceptors (Lipinski definition) is 14. The molecule has 0 radical (unpaired) electrons. The Bertz CT molecular complexity index is 2530. The first kappa shape index (κ1) is 93.6. The summed E-state index contributed by atoms with van der Waals surface area (Å²) in [4.78, 5) is 58.6. The number of allylic oxidation sites excluding steroid dienone is 30. The van der Waals surface area contributed by atoms with Crippen molar-refractivity contribution in [1.29, 1.82) is 0 Å². The Balaban J connectivity index is 4.77. The molecule has 0 saturated carbocycles. The van der Waals surface area contributed by atoms with Crippen LogP contribution in [-0.4, -0.2) is 95.9 Å². The molecule has 560 valence electrons. The molecule has 0 aromatic heterocycles. The fourth-order valence-electron chi connectivity index (χ4n) is 9.00. The summed E-state index contributed by atoms with van der Waals surface area (Å²) >= 11 is 0. The van der Waals surface area contributed by atoms with E-state index in [0.29, 0.717) is 25.7 Å². The van der Waals surface area contributed by atoms with Crippen LogP contribution in [-0.2, 0) is 55.8 Å². The third-order valence-corrected chi connectivity index (χ3v) is 16.5. The minimum atomic E-state index is -4.96. The molecule has 0 aliphatic carbocycles. The van der Waals surface area contributed by atoms with Gasteiger partial charge in [-0.15, -0.1) is 0 Å². The van der Waals surface area contributed by atoms with Crippen LogP contribution in [0.1, 0.15) is 252 Å². The number of rotatable bonds is 68. The first-order valence-corrected chi connectivity index (χ1v) is 40.1. The third kappa shape index (κ3) is 73.7. The maximum Gasteiger partial charge on any atom is 0.472 e. The Morgan fingerprint density at radius 1 is 0.293 bits per heavy atom. The summed E-state index contributed by atoms with van der Waals surface area (Å²) in [6, 6.07) is 0. The van der Waals surface area contributed by atoms with Crippen LogP contribution < -0.4 is 0 Å². The van der Waals surface area contributed by atoms with Crippen molar-refractivity contribution >= 4 is 33.6 Å². The lowest BCUT2D eigenvalue weighted by molar-refractivity contribution is -0.161. The van der Waals surface area contributed by atoms with E-state index in [0.717, 1.165) is 161 Å². The molecular formula is C81H130O16P2. The van der Waals surface area contributed by atoms with Crippen LogP contribution >= 0.6 is 15.6 Å². The second-order valence-corrected chi connectivity index (χ2v) is 26.9. The molecule has 18 heteroatoms. The van der Waals surface area contributed by atoms with Gasteiger partial charge in [0.25, 0.3) is 0 Å². The molecule has 0 aliphatic heterocycles. The van der Waals surface area contributed by atoms with E-state index in [1.54, 1.807) is 0 Å². The lowest BCUT2D eigenvalue weighted by Gasteiger charge is -2.21. The molecule has 0 fully saturated rings. The standard InChI is InChI=1S/C81H130O16P2/c1-4-7-10-13-16-19-22-25-28-31-33-35-37-39-41-44-46-49-52-55-58-61-64-67-79(84)91-70-76(82)71-93-98(87,88)94-72-77(83)73-95-99(89,90)96-75-78(97-81(86)69-66-63-60-57-54-51-48-43-30-27-24-21-18-15-12-9-6-3)74-92-80(85)68-65-62-59-56-53-50-47-45-42-40-38-36-34-32-29-26-23-20-17-14-11-8-5-2/h7,9-10,12,16-21,25-30,33-36,39-42,46,48-49,51,57,60,76-78,82-83H,4-6,8,11,13-15,22-24,31-32,37-38,43-45,47,50,52-56,58-59,61-75H2,1-3H3,(H,87,88)(H,89,90)/b10-7-,12-9-,19-16-,20-17-,21-18-,28-25-,29-26-,30-27-,35-33-,36-34-,41-39-,42-40-,49-46-,51-48-,60-57-. The molecule has 0 rings (SSSR count). The zero-order chi connectivity index (χ0) is 72.3. The van der Waals surface area contributed by atoms with Crippen LogP contribution in [0.25, 0.3) is 0 Å². The van der Waals surface area contributed by atoms with Crippen LogP contribution in [0.3, 0.4) is 0 Å². The van der Waals surface area contributed by atoms with Gasteiger partial charge in [-0.1, -0.05) is 261 Å². The fraction of sp³-hybridized carbons (Fsp3) is 0.593. The van der Waals surface area contributed by atoms with Crippen molar-refractivity contribution in [2.75, 3.05) is 39.6 Å². The number of ether oxygens (including phenoxy) is 3. The van der Waals surface area contributed by atoms with Crippen molar-refractivity contribution in [3.05, 3.63) is 182 Å². The SMILES string of the molecule is CC/C=C\C/C=C\C/C=C\C/C=C\C/C=C\C/C=C\CCCCCCC(=O)OCC(O)COP(=O)(O)OCC(O)COP(=O)(O)OCC(COC(=O)CCCCCCCCC/C=C\C/C=C\C/C=C\C/C=C\CCCCC)OC(=O)CCC/C=C\C/C=C\C/C=C\C/C=C\C/C=C\CC. The first-order chi connectivity index (χ1) is 48.2. The number of carbonyl (C=O) groups excluding carboxylic acids is 3. The second-order valence-electron chi connectivity index (χ2n) is 24.0. The van der Waals surface area contributed by atoms with Crippen molar-refractivity contribution < 1.29 is 75.8 Å². The predicted octanol–water partition coefficient (Wildman–Crippen LogP) is 21.4.